The molecule has 0 fully saturated rings. The maximum atomic E-state index is 11.6. The first kappa shape index (κ1) is 13.7. The molecule has 0 radical (unpaired) electrons. The van der Waals surface area contributed by atoms with Crippen LogP contribution in [0.3, 0.4) is 0 Å². The number of rotatable bonds is 3. The molecule has 1 aromatic heterocycles. The molecule has 0 atom stereocenters. The lowest BCUT2D eigenvalue weighted by Gasteiger charge is -2.01. The lowest BCUT2D eigenvalue weighted by atomic mass is 10.3. The Balaban J connectivity index is 2.11. The summed E-state index contributed by atoms with van der Waals surface area (Å²) >= 11 is 7.07. The molecule has 1 heterocycles. The Morgan fingerprint density at radius 2 is 1.95 bits per heavy atom. The van der Waals surface area contributed by atoms with E-state index < -0.39 is 4.92 Å². The number of nitrogens with zero attached hydrogens (tertiary/aromatic N) is 3. The van der Waals surface area contributed by atoms with Gasteiger partial charge in [0.05, 0.1) is 15.0 Å². The van der Waals surface area contributed by atoms with E-state index in [1.807, 2.05) is 0 Å². The molecule has 3 rings (SSSR count). The van der Waals surface area contributed by atoms with E-state index in [-0.39, 0.29) is 21.6 Å². The van der Waals surface area contributed by atoms with Gasteiger partial charge in [0.2, 0.25) is 5.52 Å². The fraction of sp³-hybridized carbons (Fsp3) is 0. The van der Waals surface area contributed by atoms with E-state index in [1.165, 1.54) is 23.9 Å². The van der Waals surface area contributed by atoms with Crippen molar-refractivity contribution in [2.45, 2.75) is 9.79 Å². The minimum absolute atomic E-state index is 0.0316. The molecule has 2 aromatic carbocycles. The Kier molecular flexibility index (Phi) is 3.40. The number of nitro benzene ring substituents is 1. The van der Waals surface area contributed by atoms with E-state index in [0.29, 0.717) is 9.92 Å². The fourth-order valence-corrected chi connectivity index (χ4v) is 2.85. The molecule has 0 bridgehead atoms. The van der Waals surface area contributed by atoms with Gasteiger partial charge in [0.1, 0.15) is 0 Å². The van der Waals surface area contributed by atoms with Crippen molar-refractivity contribution in [3.05, 3.63) is 56.7 Å². The van der Waals surface area contributed by atoms with Crippen molar-refractivity contribution < 1.29 is 14.5 Å². The molecular weight excluding hydrogens is 318 g/mol. The molecule has 0 saturated carbocycles. The maximum Gasteiger partial charge on any atom is 0.327 e. The molecule has 0 N–H and O–H groups in total. The van der Waals surface area contributed by atoms with E-state index in [9.17, 15) is 15.3 Å². The van der Waals surface area contributed by atoms with Crippen LogP contribution in [0.2, 0.25) is 5.02 Å². The third-order valence-electron chi connectivity index (χ3n) is 2.72. The smallest absolute Gasteiger partial charge is 0.327 e. The number of nitro groups is 1. The zero-order chi connectivity index (χ0) is 15.0. The highest BCUT2D eigenvalue weighted by atomic mass is 35.5. The van der Waals surface area contributed by atoms with Gasteiger partial charge in [0, 0.05) is 16.0 Å². The summed E-state index contributed by atoms with van der Waals surface area (Å²) in [6, 6.07) is 9.77. The number of benzene rings is 2. The van der Waals surface area contributed by atoms with Crippen LogP contribution in [0.1, 0.15) is 0 Å². The molecule has 0 aliphatic carbocycles. The Bertz CT molecular complexity index is 834. The van der Waals surface area contributed by atoms with Crippen molar-refractivity contribution in [1.29, 1.82) is 0 Å². The number of hydrogen-bond acceptors (Lipinski definition) is 6. The molecule has 9 heteroatoms. The molecule has 0 amide bonds. The lowest BCUT2D eigenvalue weighted by molar-refractivity contribution is -0.783. The van der Waals surface area contributed by atoms with Crippen LogP contribution >= 0.6 is 23.4 Å². The highest BCUT2D eigenvalue weighted by Gasteiger charge is 2.26. The van der Waals surface area contributed by atoms with Crippen LogP contribution in [-0.4, -0.2) is 10.1 Å². The third-order valence-corrected chi connectivity index (χ3v) is 4.03. The second kappa shape index (κ2) is 5.23. The highest BCUT2D eigenvalue weighted by molar-refractivity contribution is 7.99. The SMILES string of the molecule is O=[N+]([O-])c1ccc(Sc2ccc(Cl)cc2)c2c1no[n+]2[O-]. The van der Waals surface area contributed by atoms with Crippen LogP contribution in [0.5, 0.6) is 0 Å². The highest BCUT2D eigenvalue weighted by Crippen LogP contribution is 2.35. The van der Waals surface area contributed by atoms with Crippen LogP contribution in [0.25, 0.3) is 11.0 Å². The standard InChI is InChI=1S/C12H6ClN3O4S/c13-7-1-3-8(4-2-7)21-10-6-5-9(15(17)18)11-12(10)16(19)20-14-11/h1-6H. The summed E-state index contributed by atoms with van der Waals surface area (Å²) in [5, 5.41) is 26.6. The summed E-state index contributed by atoms with van der Waals surface area (Å²) in [6.45, 7) is 0. The minimum Gasteiger partial charge on any atom is -0.359 e. The zero-order valence-electron chi connectivity index (χ0n) is 10.2. The number of halogens is 1. The minimum atomic E-state index is -0.610. The number of non-ortho nitro benzene ring substituents is 1. The van der Waals surface area contributed by atoms with E-state index in [1.54, 1.807) is 24.3 Å². The van der Waals surface area contributed by atoms with Gasteiger partial charge in [0.25, 0.3) is 0 Å². The Morgan fingerprint density at radius 1 is 1.24 bits per heavy atom. The second-order valence-corrected chi connectivity index (χ2v) is 5.57. The van der Waals surface area contributed by atoms with Gasteiger partial charge in [0.15, 0.2) is 0 Å². The third kappa shape index (κ3) is 2.50. The van der Waals surface area contributed by atoms with Gasteiger partial charge in [-0.3, -0.25) is 14.7 Å². The number of fused-ring (bicyclic) bond motifs is 1. The molecule has 3 aromatic rings. The van der Waals surface area contributed by atoms with Crippen molar-refractivity contribution in [2.75, 3.05) is 0 Å². The van der Waals surface area contributed by atoms with Gasteiger partial charge in [-0.1, -0.05) is 23.4 Å². The molecule has 0 aliphatic heterocycles. The molecule has 0 spiro atoms. The number of hydrogen-bond donors (Lipinski definition) is 0. The first-order chi connectivity index (χ1) is 10.1. The monoisotopic (exact) mass is 323 g/mol. The predicted molar refractivity (Wildman–Crippen MR) is 75.2 cm³/mol. The van der Waals surface area contributed by atoms with Crippen LogP contribution in [-0.2, 0) is 0 Å². The quantitative estimate of drug-likeness (QED) is 0.417. The van der Waals surface area contributed by atoms with Crippen LogP contribution < -0.4 is 4.90 Å². The molecular formula is C12H6ClN3O4S. The van der Waals surface area contributed by atoms with Gasteiger partial charge in [-0.2, -0.15) is 0 Å². The Hall–Kier alpha value is -2.32. The predicted octanol–water partition coefficient (Wildman–Crippen LogP) is 3.17. The topological polar surface area (TPSA) is 96.1 Å². The van der Waals surface area contributed by atoms with Gasteiger partial charge in [-0.25, -0.2) is 0 Å². The molecule has 0 aliphatic rings. The fourth-order valence-electron chi connectivity index (χ4n) is 1.79. The average Bonchev–Trinajstić information content (AvgIpc) is 2.84. The average molecular weight is 324 g/mol. The normalized spacial score (nSPS) is 10.9. The van der Waals surface area contributed by atoms with E-state index in [4.69, 9.17) is 11.6 Å². The molecule has 0 saturated heterocycles. The van der Waals surface area contributed by atoms with Crippen molar-refractivity contribution in [3.8, 4) is 0 Å². The summed E-state index contributed by atoms with van der Waals surface area (Å²) in [4.78, 5) is 11.8. The van der Waals surface area contributed by atoms with Crippen LogP contribution in [0.4, 0.5) is 5.69 Å². The molecule has 106 valence electrons. The maximum absolute atomic E-state index is 11.6. The van der Waals surface area contributed by atoms with E-state index >= 15 is 0 Å². The molecule has 7 nitrogen and oxygen atoms in total. The first-order valence-electron chi connectivity index (χ1n) is 5.66. The second-order valence-electron chi connectivity index (χ2n) is 4.02. The molecule has 0 unspecified atom stereocenters. The van der Waals surface area contributed by atoms with Gasteiger partial charge >= 0.3 is 11.2 Å². The first-order valence-corrected chi connectivity index (χ1v) is 6.86. The van der Waals surface area contributed by atoms with Gasteiger partial charge in [-0.15, -0.1) is 0 Å². The van der Waals surface area contributed by atoms with Gasteiger partial charge < -0.3 is 5.21 Å². The summed E-state index contributed by atoms with van der Waals surface area (Å²) < 4.78 is 4.48. The zero-order valence-corrected chi connectivity index (χ0v) is 11.8. The van der Waals surface area contributed by atoms with E-state index in [2.05, 4.69) is 9.79 Å². The summed E-state index contributed by atoms with van der Waals surface area (Å²) in [5.74, 6) is 0. The Labute approximate surface area is 126 Å². The summed E-state index contributed by atoms with van der Waals surface area (Å²) in [6.07, 6.45) is 0. The van der Waals surface area contributed by atoms with Crippen LogP contribution in [0.15, 0.2) is 50.8 Å². The largest absolute Gasteiger partial charge is 0.359 e. The summed E-state index contributed by atoms with van der Waals surface area (Å²) in [7, 11) is 0. The van der Waals surface area contributed by atoms with Crippen molar-refractivity contribution in [1.82, 2.24) is 5.16 Å². The van der Waals surface area contributed by atoms with Crippen molar-refractivity contribution >= 4 is 40.1 Å². The van der Waals surface area contributed by atoms with Crippen molar-refractivity contribution in [2.24, 2.45) is 0 Å². The van der Waals surface area contributed by atoms with Crippen molar-refractivity contribution in [3.63, 3.8) is 0 Å². The van der Waals surface area contributed by atoms with E-state index in [0.717, 1.165) is 4.90 Å². The van der Waals surface area contributed by atoms with Gasteiger partial charge in [-0.05, 0) is 35.2 Å². The van der Waals surface area contributed by atoms with Crippen LogP contribution in [0, 0.1) is 15.3 Å². The Morgan fingerprint density at radius 3 is 2.62 bits per heavy atom. The number of aromatic nitrogens is 2. The summed E-state index contributed by atoms with van der Waals surface area (Å²) in [5.41, 5.74) is -0.318. The molecule has 21 heavy (non-hydrogen) atoms. The lowest BCUT2D eigenvalue weighted by Crippen LogP contribution is -2.23.